The normalized spacial score (nSPS) is 15.6. The second kappa shape index (κ2) is 6.52. The van der Waals surface area contributed by atoms with Gasteiger partial charge in [-0.3, -0.25) is 9.59 Å². The summed E-state index contributed by atoms with van der Waals surface area (Å²) in [6.45, 7) is 2.84. The molecule has 2 aromatic rings. The van der Waals surface area contributed by atoms with Gasteiger partial charge < -0.3 is 15.6 Å². The van der Waals surface area contributed by atoms with E-state index in [0.717, 1.165) is 0 Å². The van der Waals surface area contributed by atoms with E-state index in [1.54, 1.807) is 25.1 Å². The van der Waals surface area contributed by atoms with Gasteiger partial charge in [-0.25, -0.2) is 9.37 Å². The van der Waals surface area contributed by atoms with Gasteiger partial charge in [0.05, 0.1) is 17.7 Å². The first kappa shape index (κ1) is 16.3. The third kappa shape index (κ3) is 3.35. The van der Waals surface area contributed by atoms with Crippen molar-refractivity contribution in [1.29, 1.82) is 0 Å². The van der Waals surface area contributed by atoms with Crippen LogP contribution in [0.3, 0.4) is 0 Å². The molecule has 3 rings (SSSR count). The molecule has 0 spiro atoms. The van der Waals surface area contributed by atoms with Crippen LogP contribution in [0.5, 0.6) is 0 Å². The lowest BCUT2D eigenvalue weighted by Crippen LogP contribution is -2.62. The van der Waals surface area contributed by atoms with Crippen LogP contribution in [-0.2, 0) is 17.8 Å². The summed E-state index contributed by atoms with van der Waals surface area (Å²) in [4.78, 5) is 30.8. The molecule has 1 amide bonds. The van der Waals surface area contributed by atoms with Crippen molar-refractivity contribution < 1.29 is 9.18 Å². The quantitative estimate of drug-likeness (QED) is 0.752. The van der Waals surface area contributed by atoms with Crippen molar-refractivity contribution in [2.24, 2.45) is 5.41 Å². The molecule has 3 N–H and O–H groups in total. The maximum Gasteiger partial charge on any atom is 0.251 e. The SMILES string of the molecule is Cc1nc(CNC(=O)C2(Cc3ccccc3F)CNC2)cc(=O)[nH]1. The maximum atomic E-state index is 13.9. The number of amides is 1. The van der Waals surface area contributed by atoms with Crippen molar-refractivity contribution >= 4 is 5.91 Å². The first-order valence-corrected chi connectivity index (χ1v) is 7.78. The molecule has 7 heteroatoms. The van der Waals surface area contributed by atoms with Crippen LogP contribution in [0.15, 0.2) is 35.1 Å². The number of H-pyrrole nitrogens is 1. The van der Waals surface area contributed by atoms with Crippen LogP contribution in [0, 0.1) is 18.2 Å². The number of rotatable bonds is 5. The molecule has 1 fully saturated rings. The van der Waals surface area contributed by atoms with Crippen molar-refractivity contribution in [3.63, 3.8) is 0 Å². The Morgan fingerprint density at radius 3 is 2.75 bits per heavy atom. The zero-order valence-electron chi connectivity index (χ0n) is 13.4. The summed E-state index contributed by atoms with van der Waals surface area (Å²) in [5.74, 6) is 0.0332. The summed E-state index contributed by atoms with van der Waals surface area (Å²) >= 11 is 0. The fourth-order valence-electron chi connectivity index (χ4n) is 2.89. The highest BCUT2D eigenvalue weighted by atomic mass is 19.1. The zero-order chi connectivity index (χ0) is 17.2. The van der Waals surface area contributed by atoms with Gasteiger partial charge >= 0.3 is 0 Å². The smallest absolute Gasteiger partial charge is 0.251 e. The Morgan fingerprint density at radius 1 is 1.38 bits per heavy atom. The van der Waals surface area contributed by atoms with Gasteiger partial charge in [-0.2, -0.15) is 0 Å². The zero-order valence-corrected chi connectivity index (χ0v) is 13.4. The average Bonchev–Trinajstić information content (AvgIpc) is 2.49. The maximum absolute atomic E-state index is 13.9. The lowest BCUT2D eigenvalue weighted by Gasteiger charge is -2.41. The largest absolute Gasteiger partial charge is 0.350 e. The van der Waals surface area contributed by atoms with E-state index >= 15 is 0 Å². The van der Waals surface area contributed by atoms with E-state index in [4.69, 9.17) is 0 Å². The van der Waals surface area contributed by atoms with E-state index in [0.29, 0.717) is 36.6 Å². The Kier molecular flexibility index (Phi) is 4.44. The molecular formula is C17H19FN4O2. The Hall–Kier alpha value is -2.54. The van der Waals surface area contributed by atoms with Crippen molar-refractivity contribution in [3.05, 3.63) is 63.6 Å². The Labute approximate surface area is 138 Å². The van der Waals surface area contributed by atoms with E-state index in [1.165, 1.54) is 12.1 Å². The molecule has 0 radical (unpaired) electrons. The third-order valence-corrected chi connectivity index (χ3v) is 4.24. The van der Waals surface area contributed by atoms with Gasteiger partial charge in [-0.05, 0) is 25.0 Å². The third-order valence-electron chi connectivity index (χ3n) is 4.24. The van der Waals surface area contributed by atoms with Crippen molar-refractivity contribution in [2.45, 2.75) is 19.9 Å². The monoisotopic (exact) mass is 330 g/mol. The minimum absolute atomic E-state index is 0.163. The summed E-state index contributed by atoms with van der Waals surface area (Å²) in [6, 6.07) is 7.85. The molecular weight excluding hydrogens is 311 g/mol. The second-order valence-corrected chi connectivity index (χ2v) is 6.16. The van der Waals surface area contributed by atoms with Crippen LogP contribution in [0.4, 0.5) is 4.39 Å². The van der Waals surface area contributed by atoms with Crippen molar-refractivity contribution in [3.8, 4) is 0 Å². The highest BCUT2D eigenvalue weighted by Gasteiger charge is 2.44. The van der Waals surface area contributed by atoms with E-state index in [9.17, 15) is 14.0 Å². The van der Waals surface area contributed by atoms with Crippen molar-refractivity contribution in [2.75, 3.05) is 13.1 Å². The molecule has 24 heavy (non-hydrogen) atoms. The van der Waals surface area contributed by atoms with E-state index in [1.807, 2.05) is 0 Å². The van der Waals surface area contributed by atoms with Crippen LogP contribution in [-0.4, -0.2) is 29.0 Å². The van der Waals surface area contributed by atoms with Crippen LogP contribution >= 0.6 is 0 Å². The number of aryl methyl sites for hydroxylation is 1. The molecule has 0 unspecified atom stereocenters. The Balaban J connectivity index is 1.70. The molecule has 0 saturated carbocycles. The van der Waals surface area contributed by atoms with Crippen LogP contribution in [0.1, 0.15) is 17.1 Å². The van der Waals surface area contributed by atoms with Gasteiger partial charge in [-0.1, -0.05) is 18.2 Å². The summed E-state index contributed by atoms with van der Waals surface area (Å²) in [5.41, 5.74) is 0.105. The number of carbonyl (C=O) groups is 1. The molecule has 1 aliphatic heterocycles. The van der Waals surface area contributed by atoms with Gasteiger partial charge in [0.1, 0.15) is 11.6 Å². The van der Waals surface area contributed by atoms with Gasteiger partial charge in [0, 0.05) is 19.2 Å². The van der Waals surface area contributed by atoms with E-state index in [2.05, 4.69) is 20.6 Å². The van der Waals surface area contributed by atoms with Crippen LogP contribution < -0.4 is 16.2 Å². The van der Waals surface area contributed by atoms with Gasteiger partial charge in [0.2, 0.25) is 5.91 Å². The summed E-state index contributed by atoms with van der Waals surface area (Å²) < 4.78 is 13.9. The number of nitrogens with zero attached hydrogens (tertiary/aromatic N) is 1. The highest BCUT2D eigenvalue weighted by Crippen LogP contribution is 2.29. The number of hydrogen-bond acceptors (Lipinski definition) is 4. The summed E-state index contributed by atoms with van der Waals surface area (Å²) in [5, 5.41) is 5.90. The molecule has 0 aliphatic carbocycles. The number of benzene rings is 1. The fourth-order valence-corrected chi connectivity index (χ4v) is 2.89. The summed E-state index contributed by atoms with van der Waals surface area (Å²) in [6.07, 6.45) is 0.334. The number of hydrogen-bond donors (Lipinski definition) is 3. The number of carbonyl (C=O) groups excluding carboxylic acids is 1. The van der Waals surface area contributed by atoms with Gasteiger partial charge in [0.15, 0.2) is 0 Å². The van der Waals surface area contributed by atoms with Crippen molar-refractivity contribution in [1.82, 2.24) is 20.6 Å². The second-order valence-electron chi connectivity index (χ2n) is 6.16. The molecule has 0 atom stereocenters. The summed E-state index contributed by atoms with van der Waals surface area (Å²) in [7, 11) is 0. The minimum Gasteiger partial charge on any atom is -0.350 e. The molecule has 1 aromatic heterocycles. The molecule has 6 nitrogen and oxygen atoms in total. The number of aromatic nitrogens is 2. The Bertz CT molecular complexity index is 814. The average molecular weight is 330 g/mol. The molecule has 2 heterocycles. The number of nitrogens with one attached hydrogen (secondary N) is 3. The standard InChI is InChI=1S/C17H19FN4O2/c1-11-21-13(6-15(23)22-11)8-20-16(24)17(9-19-10-17)7-12-4-2-3-5-14(12)18/h2-6,19H,7-10H2,1H3,(H,20,24)(H,21,22,23). The number of aromatic amines is 1. The predicted molar refractivity (Wildman–Crippen MR) is 86.8 cm³/mol. The van der Waals surface area contributed by atoms with E-state index in [-0.39, 0.29) is 23.8 Å². The first-order chi connectivity index (χ1) is 11.5. The molecule has 1 saturated heterocycles. The first-order valence-electron chi connectivity index (χ1n) is 7.78. The van der Waals surface area contributed by atoms with Gasteiger partial charge in [0.25, 0.3) is 5.56 Å². The molecule has 1 aromatic carbocycles. The van der Waals surface area contributed by atoms with Gasteiger partial charge in [-0.15, -0.1) is 0 Å². The Morgan fingerprint density at radius 2 is 2.12 bits per heavy atom. The predicted octanol–water partition coefficient (Wildman–Crippen LogP) is 0.666. The van der Waals surface area contributed by atoms with Crippen LogP contribution in [0.25, 0.3) is 0 Å². The topological polar surface area (TPSA) is 86.9 Å². The molecule has 1 aliphatic rings. The van der Waals surface area contributed by atoms with Crippen LogP contribution in [0.2, 0.25) is 0 Å². The lowest BCUT2D eigenvalue weighted by molar-refractivity contribution is -0.134. The lowest BCUT2D eigenvalue weighted by atomic mass is 9.75. The van der Waals surface area contributed by atoms with E-state index < -0.39 is 5.41 Å². The minimum atomic E-state index is -0.668. The number of halogens is 1. The molecule has 126 valence electrons. The molecule has 0 bridgehead atoms. The fraction of sp³-hybridized carbons (Fsp3) is 0.353. The highest BCUT2D eigenvalue weighted by molar-refractivity contribution is 5.84.